The first-order chi connectivity index (χ1) is 30.8. The number of alkyl carbamates (subject to hydrolysis) is 2. The van der Waals surface area contributed by atoms with Gasteiger partial charge < -0.3 is 30.7 Å². The molecule has 0 aliphatic carbocycles. The van der Waals surface area contributed by atoms with Crippen LogP contribution in [0.4, 0.5) is 9.59 Å². The number of ether oxygens (including phenoxy) is 2. The second kappa shape index (κ2) is 20.0. The van der Waals surface area contributed by atoms with Crippen LogP contribution < -0.4 is 21.3 Å². The van der Waals surface area contributed by atoms with Crippen LogP contribution in [0, 0.1) is 6.92 Å². The summed E-state index contributed by atoms with van der Waals surface area (Å²) >= 11 is 0. The number of carbonyl (C=O) groups excluding carboxylic acids is 2. The lowest BCUT2D eigenvalue weighted by Crippen LogP contribution is -2.30. The molecule has 2 aliphatic heterocycles. The van der Waals surface area contributed by atoms with Crippen LogP contribution in [0.5, 0.6) is 0 Å². The van der Waals surface area contributed by atoms with Crippen molar-refractivity contribution in [3.8, 4) is 0 Å². The first kappa shape index (κ1) is 47.5. The van der Waals surface area contributed by atoms with Crippen molar-refractivity contribution in [2.24, 2.45) is 0 Å². The molecule has 2 fully saturated rings. The smallest absolute Gasteiger partial charge is 0.407 e. The number of nitrogens with one attached hydrogen (secondary N) is 4. The molecule has 344 valence electrons. The SMILES string of the molecule is Cc1ccc(C(c2ccc(C(C)(C)C)cc2)C2C[C@@H](OC(=O)NCc3cccc(CNC(=O)O[C@H]4CN[C@@H](C(c5ccc(C(C)(C)C)cc5)c5ccc(C(C)(C)C)cc5)C4)c3)CN2)cc1. The predicted molar refractivity (Wildman–Crippen MR) is 264 cm³/mol. The number of benzene rings is 5. The average molecular weight is 877 g/mol. The van der Waals surface area contributed by atoms with E-state index in [0.29, 0.717) is 39.0 Å². The van der Waals surface area contributed by atoms with E-state index in [9.17, 15) is 9.59 Å². The Labute approximate surface area is 388 Å². The molecule has 2 unspecified atom stereocenters. The van der Waals surface area contributed by atoms with Gasteiger partial charge in [0.2, 0.25) is 0 Å². The van der Waals surface area contributed by atoms with Gasteiger partial charge in [0.1, 0.15) is 12.2 Å². The highest BCUT2D eigenvalue weighted by Gasteiger charge is 2.36. The zero-order valence-electron chi connectivity index (χ0n) is 40.4. The summed E-state index contributed by atoms with van der Waals surface area (Å²) in [4.78, 5) is 26.3. The van der Waals surface area contributed by atoms with E-state index in [1.54, 1.807) is 0 Å². The van der Waals surface area contributed by atoms with E-state index in [-0.39, 0.29) is 52.4 Å². The Bertz CT molecular complexity index is 2300. The second-order valence-corrected chi connectivity index (χ2v) is 21.6. The fourth-order valence-electron chi connectivity index (χ4n) is 9.40. The van der Waals surface area contributed by atoms with Crippen molar-refractivity contribution in [1.29, 1.82) is 0 Å². The van der Waals surface area contributed by atoms with E-state index in [2.05, 4.69) is 188 Å². The molecule has 65 heavy (non-hydrogen) atoms. The number of hydrogen-bond acceptors (Lipinski definition) is 6. The Morgan fingerprint density at radius 2 is 0.846 bits per heavy atom. The maximum atomic E-state index is 13.2. The molecule has 0 bridgehead atoms. The first-order valence-electron chi connectivity index (χ1n) is 23.6. The molecule has 2 amide bonds. The van der Waals surface area contributed by atoms with Crippen LogP contribution in [-0.4, -0.2) is 49.6 Å². The van der Waals surface area contributed by atoms with Crippen molar-refractivity contribution in [2.75, 3.05) is 13.1 Å². The quantitative estimate of drug-likeness (QED) is 0.0996. The number of amides is 2. The van der Waals surface area contributed by atoms with Gasteiger partial charge in [-0.3, -0.25) is 0 Å². The molecular weight excluding hydrogens is 805 g/mol. The molecule has 2 heterocycles. The topological polar surface area (TPSA) is 101 Å². The van der Waals surface area contributed by atoms with E-state index in [1.807, 2.05) is 24.3 Å². The summed E-state index contributed by atoms with van der Waals surface area (Å²) < 4.78 is 11.9. The van der Waals surface area contributed by atoms with Gasteiger partial charge in [-0.1, -0.05) is 189 Å². The molecule has 0 spiro atoms. The Morgan fingerprint density at radius 1 is 0.523 bits per heavy atom. The standard InChI is InChI=1S/C57H72N4O4/c1-37-14-16-40(17-15-37)51(41-18-24-44(25-19-41)55(2,3)4)49-31-47(35-58-49)64-53(62)60-33-38-12-11-13-39(30-38)34-61-54(63)65-48-32-50(59-36-48)52(42-20-26-45(27-21-42)56(5,6)7)43-22-28-46(29-23-43)57(8,9)10/h11-30,47-52,58-59H,31-36H2,1-10H3,(H,60,62)(H,61,63)/t47-,48-,49?,50-,51?/m1/s1. The number of rotatable bonds is 12. The summed E-state index contributed by atoms with van der Waals surface area (Å²) in [5.41, 5.74) is 12.2. The summed E-state index contributed by atoms with van der Waals surface area (Å²) in [5, 5.41) is 13.3. The Balaban J connectivity index is 0.898. The zero-order chi connectivity index (χ0) is 46.5. The van der Waals surface area contributed by atoms with Gasteiger partial charge in [-0.05, 0) is 73.2 Å². The van der Waals surface area contributed by atoms with Crippen molar-refractivity contribution < 1.29 is 19.1 Å². The molecule has 0 radical (unpaired) electrons. The summed E-state index contributed by atoms with van der Waals surface area (Å²) in [6, 6.07) is 43.8. The minimum absolute atomic E-state index is 0.0683. The van der Waals surface area contributed by atoms with Crippen LogP contribution in [0.2, 0.25) is 0 Å². The lowest BCUT2D eigenvalue weighted by Gasteiger charge is -2.27. The normalized spacial score (nSPS) is 19.5. The van der Waals surface area contributed by atoms with E-state index < -0.39 is 12.2 Å². The zero-order valence-corrected chi connectivity index (χ0v) is 40.4. The monoisotopic (exact) mass is 877 g/mol. The summed E-state index contributed by atoms with van der Waals surface area (Å²) in [5.74, 6) is 0.228. The third-order valence-electron chi connectivity index (χ3n) is 13.3. The summed E-state index contributed by atoms with van der Waals surface area (Å²) in [6.45, 7) is 24.0. The van der Waals surface area contributed by atoms with Crippen molar-refractivity contribution in [1.82, 2.24) is 21.3 Å². The van der Waals surface area contributed by atoms with Crippen molar-refractivity contribution in [3.05, 3.63) is 177 Å². The molecule has 8 heteroatoms. The molecule has 0 saturated carbocycles. The van der Waals surface area contributed by atoms with Gasteiger partial charge in [0, 0.05) is 62.9 Å². The highest BCUT2D eigenvalue weighted by molar-refractivity contribution is 5.68. The van der Waals surface area contributed by atoms with Gasteiger partial charge in [0.05, 0.1) is 0 Å². The molecular formula is C57H72N4O4. The lowest BCUT2D eigenvalue weighted by molar-refractivity contribution is 0.104. The van der Waals surface area contributed by atoms with E-state index >= 15 is 0 Å². The number of aryl methyl sites for hydroxylation is 1. The molecule has 8 nitrogen and oxygen atoms in total. The highest BCUT2D eigenvalue weighted by atomic mass is 16.6. The molecule has 5 aromatic carbocycles. The summed E-state index contributed by atoms with van der Waals surface area (Å²) in [6.07, 6.45) is 0.0124. The van der Waals surface area contributed by atoms with Crippen LogP contribution in [0.25, 0.3) is 0 Å². The van der Waals surface area contributed by atoms with Crippen molar-refractivity contribution in [2.45, 2.75) is 148 Å². The van der Waals surface area contributed by atoms with Gasteiger partial charge in [0.25, 0.3) is 0 Å². The molecule has 5 atom stereocenters. The Kier molecular flexibility index (Phi) is 14.6. The van der Waals surface area contributed by atoms with Crippen LogP contribution in [0.3, 0.4) is 0 Å². The number of carbonyl (C=O) groups is 2. The molecule has 0 aromatic heterocycles. The van der Waals surface area contributed by atoms with E-state index in [4.69, 9.17) is 9.47 Å². The van der Waals surface area contributed by atoms with Gasteiger partial charge in [-0.25, -0.2) is 9.59 Å². The van der Waals surface area contributed by atoms with Gasteiger partial charge in [-0.2, -0.15) is 0 Å². The van der Waals surface area contributed by atoms with Crippen LogP contribution in [0.15, 0.2) is 121 Å². The minimum Gasteiger partial charge on any atom is -0.445 e. The van der Waals surface area contributed by atoms with Crippen LogP contribution >= 0.6 is 0 Å². The van der Waals surface area contributed by atoms with E-state index in [0.717, 1.165) is 11.1 Å². The van der Waals surface area contributed by atoms with Gasteiger partial charge in [-0.15, -0.1) is 0 Å². The Hall–Kier alpha value is -5.44. The Morgan fingerprint density at radius 3 is 1.17 bits per heavy atom. The van der Waals surface area contributed by atoms with Crippen molar-refractivity contribution in [3.63, 3.8) is 0 Å². The lowest BCUT2D eigenvalue weighted by atomic mass is 9.80. The fraction of sp³-hybridized carbons (Fsp3) is 0.439. The molecule has 7 rings (SSSR count). The third kappa shape index (κ3) is 12.5. The van der Waals surface area contributed by atoms with Crippen LogP contribution in [-0.2, 0) is 38.8 Å². The van der Waals surface area contributed by atoms with Gasteiger partial charge >= 0.3 is 12.2 Å². The minimum atomic E-state index is -0.444. The van der Waals surface area contributed by atoms with Crippen LogP contribution in [0.1, 0.15) is 143 Å². The first-order valence-corrected chi connectivity index (χ1v) is 23.6. The molecule has 5 aromatic rings. The van der Waals surface area contributed by atoms with Crippen molar-refractivity contribution >= 4 is 12.2 Å². The fourth-order valence-corrected chi connectivity index (χ4v) is 9.40. The molecule has 2 saturated heterocycles. The second-order valence-electron chi connectivity index (χ2n) is 21.6. The van der Waals surface area contributed by atoms with Gasteiger partial charge in [0.15, 0.2) is 0 Å². The molecule has 4 N–H and O–H groups in total. The predicted octanol–water partition coefficient (Wildman–Crippen LogP) is 11.5. The largest absolute Gasteiger partial charge is 0.445 e. The maximum Gasteiger partial charge on any atom is 0.407 e. The highest BCUT2D eigenvalue weighted by Crippen LogP contribution is 2.37. The summed E-state index contributed by atoms with van der Waals surface area (Å²) in [7, 11) is 0. The molecule has 2 aliphatic rings. The van der Waals surface area contributed by atoms with E-state index in [1.165, 1.54) is 44.5 Å². The number of hydrogen-bond donors (Lipinski definition) is 4. The average Bonchev–Trinajstić information content (AvgIpc) is 3.92. The third-order valence-corrected chi connectivity index (χ3v) is 13.3. The maximum absolute atomic E-state index is 13.2.